The molecule has 0 spiro atoms. The Hall–Kier alpha value is -2.92. The molecule has 0 atom stereocenters. The highest BCUT2D eigenvalue weighted by atomic mass is 32.2. The first kappa shape index (κ1) is 22.8. The summed E-state index contributed by atoms with van der Waals surface area (Å²) in [5.74, 6) is -0.542. The minimum Gasteiger partial charge on any atom is -0.268 e. The molecule has 0 N–H and O–H groups in total. The molecule has 0 aliphatic rings. The predicted molar refractivity (Wildman–Crippen MR) is 126 cm³/mol. The zero-order valence-corrected chi connectivity index (χ0v) is 19.4. The van der Waals surface area contributed by atoms with E-state index in [2.05, 4.69) is 6.92 Å². The van der Waals surface area contributed by atoms with Crippen molar-refractivity contribution in [1.29, 1.82) is 0 Å². The van der Waals surface area contributed by atoms with Gasteiger partial charge < -0.3 is 0 Å². The summed E-state index contributed by atoms with van der Waals surface area (Å²) in [5.41, 5.74) is 4.43. The molecule has 0 unspecified atom stereocenters. The van der Waals surface area contributed by atoms with Crippen molar-refractivity contribution in [3.05, 3.63) is 94.5 Å². The van der Waals surface area contributed by atoms with Crippen LogP contribution in [0.25, 0.3) is 0 Å². The summed E-state index contributed by atoms with van der Waals surface area (Å²) in [7, 11) is -4.09. The normalized spacial score (nSPS) is 11.4. The Morgan fingerprint density at radius 1 is 0.871 bits per heavy atom. The lowest BCUT2D eigenvalue weighted by Crippen LogP contribution is -2.37. The molecule has 0 fully saturated rings. The second-order valence-corrected chi connectivity index (χ2v) is 9.72. The SMILES string of the molecule is CCCCc1ccc(N(C(=O)c2c(C)cc(C)cc2C)S(=O)(=O)c2ccccc2)cc1. The average Bonchev–Trinajstić information content (AvgIpc) is 2.73. The minimum absolute atomic E-state index is 0.0841. The van der Waals surface area contributed by atoms with Crippen LogP contribution in [0.2, 0.25) is 0 Å². The van der Waals surface area contributed by atoms with E-state index in [-0.39, 0.29) is 4.90 Å². The Balaban J connectivity index is 2.15. The maximum atomic E-state index is 13.7. The van der Waals surface area contributed by atoms with Crippen LogP contribution in [0.5, 0.6) is 0 Å². The average molecular weight is 436 g/mol. The molecule has 0 bridgehead atoms. The first-order chi connectivity index (χ1) is 14.8. The third-order valence-electron chi connectivity index (χ3n) is 5.35. The number of anilines is 1. The van der Waals surface area contributed by atoms with E-state index < -0.39 is 15.9 Å². The molecule has 3 aromatic rings. The van der Waals surface area contributed by atoms with Crippen LogP contribution in [0, 0.1) is 20.8 Å². The first-order valence-corrected chi connectivity index (χ1v) is 12.0. The Morgan fingerprint density at radius 3 is 2.00 bits per heavy atom. The van der Waals surface area contributed by atoms with Crippen LogP contribution in [-0.2, 0) is 16.4 Å². The van der Waals surface area contributed by atoms with Crippen molar-refractivity contribution in [1.82, 2.24) is 0 Å². The predicted octanol–water partition coefficient (Wildman–Crippen LogP) is 5.99. The smallest absolute Gasteiger partial charge is 0.268 e. The molecule has 3 aromatic carbocycles. The molecule has 3 rings (SSSR count). The second kappa shape index (κ2) is 9.48. The van der Waals surface area contributed by atoms with Crippen molar-refractivity contribution in [3.63, 3.8) is 0 Å². The summed E-state index contributed by atoms with van der Waals surface area (Å²) in [6.45, 7) is 7.78. The number of benzene rings is 3. The number of aryl methyl sites for hydroxylation is 4. The molecular formula is C26H29NO3S. The van der Waals surface area contributed by atoms with Gasteiger partial charge in [-0.25, -0.2) is 8.42 Å². The van der Waals surface area contributed by atoms with E-state index in [1.165, 1.54) is 12.1 Å². The first-order valence-electron chi connectivity index (χ1n) is 10.6. The monoisotopic (exact) mass is 435 g/mol. The molecule has 0 heterocycles. The van der Waals surface area contributed by atoms with E-state index >= 15 is 0 Å². The summed E-state index contributed by atoms with van der Waals surface area (Å²) in [5, 5.41) is 0. The van der Waals surface area contributed by atoms with Crippen molar-refractivity contribution >= 4 is 21.6 Å². The van der Waals surface area contributed by atoms with Gasteiger partial charge in [-0.1, -0.05) is 61.4 Å². The number of unbranched alkanes of at least 4 members (excludes halogenated alkanes) is 1. The summed E-state index contributed by atoms with van der Waals surface area (Å²) < 4.78 is 28.1. The largest absolute Gasteiger partial charge is 0.272 e. The third kappa shape index (κ3) is 4.88. The third-order valence-corrected chi connectivity index (χ3v) is 7.07. The highest BCUT2D eigenvalue weighted by molar-refractivity contribution is 7.93. The molecule has 0 saturated carbocycles. The summed E-state index contributed by atoms with van der Waals surface area (Å²) in [4.78, 5) is 13.8. The van der Waals surface area contributed by atoms with Gasteiger partial charge in [-0.3, -0.25) is 4.79 Å². The van der Waals surface area contributed by atoms with E-state index in [0.717, 1.165) is 45.8 Å². The van der Waals surface area contributed by atoms with Gasteiger partial charge in [0.25, 0.3) is 15.9 Å². The molecule has 0 aliphatic heterocycles. The topological polar surface area (TPSA) is 54.5 Å². The Kier molecular flexibility index (Phi) is 6.96. The number of carbonyl (C=O) groups is 1. The molecule has 0 radical (unpaired) electrons. The fourth-order valence-electron chi connectivity index (χ4n) is 3.86. The van der Waals surface area contributed by atoms with E-state index in [9.17, 15) is 13.2 Å². The van der Waals surface area contributed by atoms with E-state index in [0.29, 0.717) is 11.3 Å². The minimum atomic E-state index is -4.09. The van der Waals surface area contributed by atoms with Gasteiger partial charge in [0.15, 0.2) is 0 Å². The molecule has 1 amide bonds. The van der Waals surface area contributed by atoms with E-state index in [1.807, 2.05) is 45.0 Å². The second-order valence-electron chi connectivity index (χ2n) is 7.93. The number of rotatable bonds is 7. The number of hydrogen-bond acceptors (Lipinski definition) is 3. The van der Waals surface area contributed by atoms with Gasteiger partial charge in [-0.2, -0.15) is 4.31 Å². The zero-order chi connectivity index (χ0) is 22.6. The van der Waals surface area contributed by atoms with Gasteiger partial charge in [-0.05, 0) is 74.6 Å². The van der Waals surface area contributed by atoms with Gasteiger partial charge in [0.05, 0.1) is 10.6 Å². The number of hydrogen-bond donors (Lipinski definition) is 0. The van der Waals surface area contributed by atoms with Gasteiger partial charge in [0.1, 0.15) is 0 Å². The Morgan fingerprint density at radius 2 is 1.45 bits per heavy atom. The van der Waals surface area contributed by atoms with Crippen LogP contribution in [-0.4, -0.2) is 14.3 Å². The lowest BCUT2D eigenvalue weighted by molar-refractivity contribution is 0.100. The highest BCUT2D eigenvalue weighted by Gasteiger charge is 2.33. The Labute approximate surface area is 185 Å². The van der Waals surface area contributed by atoms with E-state index in [4.69, 9.17) is 0 Å². The van der Waals surface area contributed by atoms with Gasteiger partial charge in [0, 0.05) is 5.56 Å². The molecule has 0 aliphatic carbocycles. The van der Waals surface area contributed by atoms with Crippen molar-refractivity contribution in [2.75, 3.05) is 4.31 Å². The number of amides is 1. The summed E-state index contributed by atoms with van der Waals surface area (Å²) in [6, 6.07) is 19.2. The van der Waals surface area contributed by atoms with Crippen molar-refractivity contribution in [2.24, 2.45) is 0 Å². The molecule has 162 valence electrons. The van der Waals surface area contributed by atoms with Crippen LogP contribution in [0.4, 0.5) is 5.69 Å². The molecule has 31 heavy (non-hydrogen) atoms. The fourth-order valence-corrected chi connectivity index (χ4v) is 5.28. The van der Waals surface area contributed by atoms with Crippen LogP contribution in [0.3, 0.4) is 0 Å². The fraction of sp³-hybridized carbons (Fsp3) is 0.269. The summed E-state index contributed by atoms with van der Waals surface area (Å²) >= 11 is 0. The van der Waals surface area contributed by atoms with Gasteiger partial charge in [0.2, 0.25) is 0 Å². The molecule has 0 saturated heterocycles. The van der Waals surface area contributed by atoms with Crippen LogP contribution in [0.1, 0.15) is 52.4 Å². The summed E-state index contributed by atoms with van der Waals surface area (Å²) in [6.07, 6.45) is 3.07. The van der Waals surface area contributed by atoms with Gasteiger partial charge >= 0.3 is 0 Å². The highest BCUT2D eigenvalue weighted by Crippen LogP contribution is 2.29. The van der Waals surface area contributed by atoms with Crippen molar-refractivity contribution in [2.45, 2.75) is 51.9 Å². The van der Waals surface area contributed by atoms with Crippen LogP contribution in [0.15, 0.2) is 71.6 Å². The molecule has 5 heteroatoms. The standard InChI is InChI=1S/C26H29NO3S/c1-5-6-10-22-13-15-23(16-14-22)27(31(29,30)24-11-8-7-9-12-24)26(28)25-20(3)17-19(2)18-21(25)4/h7-9,11-18H,5-6,10H2,1-4H3. The number of carbonyl (C=O) groups excluding carboxylic acids is 1. The van der Waals surface area contributed by atoms with Crippen molar-refractivity contribution in [3.8, 4) is 0 Å². The molecule has 4 nitrogen and oxygen atoms in total. The molecule has 0 aromatic heterocycles. The Bertz CT molecular complexity index is 1140. The maximum Gasteiger partial charge on any atom is 0.272 e. The lowest BCUT2D eigenvalue weighted by Gasteiger charge is -2.25. The molecular weight excluding hydrogens is 406 g/mol. The number of nitrogens with zero attached hydrogens (tertiary/aromatic N) is 1. The lowest BCUT2D eigenvalue weighted by atomic mass is 9.99. The van der Waals surface area contributed by atoms with Crippen LogP contribution < -0.4 is 4.31 Å². The maximum absolute atomic E-state index is 13.7. The van der Waals surface area contributed by atoms with Gasteiger partial charge in [-0.15, -0.1) is 0 Å². The van der Waals surface area contributed by atoms with Crippen LogP contribution >= 0.6 is 0 Å². The number of sulfonamides is 1. The zero-order valence-electron chi connectivity index (χ0n) is 18.6. The van der Waals surface area contributed by atoms with E-state index in [1.54, 1.807) is 30.3 Å². The van der Waals surface area contributed by atoms with Crippen molar-refractivity contribution < 1.29 is 13.2 Å². The quantitative estimate of drug-likeness (QED) is 0.458.